The van der Waals surface area contributed by atoms with Crippen LogP contribution >= 0.6 is 0 Å². The lowest BCUT2D eigenvalue weighted by Crippen LogP contribution is -2.43. The lowest BCUT2D eigenvalue weighted by Gasteiger charge is -2.30. The zero-order valence-corrected chi connectivity index (χ0v) is 17.8. The van der Waals surface area contributed by atoms with Gasteiger partial charge >= 0.3 is 12.2 Å². The van der Waals surface area contributed by atoms with Crippen LogP contribution in [0.1, 0.15) is 54.0 Å². The van der Waals surface area contributed by atoms with E-state index in [1.54, 1.807) is 53.7 Å². The summed E-state index contributed by atoms with van der Waals surface area (Å²) in [4.78, 5) is 28.3. The topological polar surface area (TPSA) is 85.1 Å². The molecule has 0 heterocycles. The number of anilines is 2. The minimum Gasteiger partial charge on any atom is -0.443 e. The standard InChI is InChI=1S/C20H33N3O4/c1-9-22(8)16-11-10-15(21)12-14(16)13-23(17(24)26-19(2,3)4)18(25)27-20(5,6)7/h10-12H,9,13,21H2,1-8H3. The van der Waals surface area contributed by atoms with Gasteiger partial charge in [0.25, 0.3) is 0 Å². The summed E-state index contributed by atoms with van der Waals surface area (Å²) in [5.74, 6) is 0. The highest BCUT2D eigenvalue weighted by Gasteiger charge is 2.32. The van der Waals surface area contributed by atoms with Crippen molar-refractivity contribution in [3.8, 4) is 0 Å². The van der Waals surface area contributed by atoms with Gasteiger partial charge in [0.05, 0.1) is 6.54 Å². The van der Waals surface area contributed by atoms with E-state index < -0.39 is 23.4 Å². The van der Waals surface area contributed by atoms with Crippen LogP contribution in [0.5, 0.6) is 0 Å². The Kier molecular flexibility index (Phi) is 7.11. The molecular weight excluding hydrogens is 346 g/mol. The molecule has 1 aromatic carbocycles. The van der Waals surface area contributed by atoms with Gasteiger partial charge in [-0.2, -0.15) is 0 Å². The van der Waals surface area contributed by atoms with Crippen LogP contribution in [-0.2, 0) is 16.0 Å². The van der Waals surface area contributed by atoms with Gasteiger partial charge in [0.1, 0.15) is 11.2 Å². The second-order valence-corrected chi connectivity index (χ2v) is 8.45. The van der Waals surface area contributed by atoms with E-state index in [9.17, 15) is 9.59 Å². The normalized spacial score (nSPS) is 11.7. The second-order valence-electron chi connectivity index (χ2n) is 8.45. The Hall–Kier alpha value is -2.44. The summed E-state index contributed by atoms with van der Waals surface area (Å²) in [7, 11) is 1.93. The molecule has 0 fully saturated rings. The molecule has 0 aliphatic rings. The SMILES string of the molecule is CCN(C)c1ccc(N)cc1CN(C(=O)OC(C)(C)C)C(=O)OC(C)(C)C. The largest absolute Gasteiger partial charge is 0.443 e. The van der Waals surface area contributed by atoms with Crippen LogP contribution in [0.2, 0.25) is 0 Å². The van der Waals surface area contributed by atoms with Gasteiger partial charge in [0.15, 0.2) is 0 Å². The first-order valence-electron chi connectivity index (χ1n) is 9.06. The molecule has 0 atom stereocenters. The molecule has 0 aliphatic heterocycles. The number of rotatable bonds is 4. The Morgan fingerprint density at radius 1 is 1.00 bits per heavy atom. The maximum absolute atomic E-state index is 12.7. The second kappa shape index (κ2) is 8.50. The van der Waals surface area contributed by atoms with Gasteiger partial charge in [0, 0.05) is 25.0 Å². The van der Waals surface area contributed by atoms with Crippen molar-refractivity contribution in [3.63, 3.8) is 0 Å². The molecule has 0 radical (unpaired) electrons. The van der Waals surface area contributed by atoms with Gasteiger partial charge in [0.2, 0.25) is 0 Å². The van der Waals surface area contributed by atoms with Gasteiger partial charge in [-0.1, -0.05) is 0 Å². The zero-order chi connectivity index (χ0) is 21.0. The van der Waals surface area contributed by atoms with E-state index in [2.05, 4.69) is 0 Å². The Morgan fingerprint density at radius 3 is 1.89 bits per heavy atom. The number of carbonyl (C=O) groups is 2. The number of nitrogen functional groups attached to an aromatic ring is 1. The van der Waals surface area contributed by atoms with Crippen LogP contribution in [0.3, 0.4) is 0 Å². The molecule has 0 saturated carbocycles. The molecule has 7 nitrogen and oxygen atoms in total. The van der Waals surface area contributed by atoms with Crippen LogP contribution in [0.25, 0.3) is 0 Å². The van der Waals surface area contributed by atoms with Gasteiger partial charge in [-0.15, -0.1) is 0 Å². The summed E-state index contributed by atoms with van der Waals surface area (Å²) >= 11 is 0. The molecule has 1 rings (SSSR count). The minimum atomic E-state index is -0.760. The summed E-state index contributed by atoms with van der Waals surface area (Å²) in [5, 5.41) is 0. The lowest BCUT2D eigenvalue weighted by molar-refractivity contribution is -0.000215. The third-order valence-corrected chi connectivity index (χ3v) is 3.55. The van der Waals surface area contributed by atoms with Crippen molar-refractivity contribution in [3.05, 3.63) is 23.8 Å². The molecule has 0 spiro atoms. The molecule has 7 heteroatoms. The van der Waals surface area contributed by atoms with Crippen LogP contribution in [-0.4, -0.2) is 41.9 Å². The Balaban J connectivity index is 3.26. The number of amides is 2. The molecule has 0 saturated heterocycles. The predicted octanol–water partition coefficient (Wildman–Crippen LogP) is 4.40. The highest BCUT2D eigenvalue weighted by atomic mass is 16.6. The smallest absolute Gasteiger partial charge is 0.420 e. The quantitative estimate of drug-likeness (QED) is 0.781. The summed E-state index contributed by atoms with van der Waals surface area (Å²) < 4.78 is 10.8. The molecule has 0 aromatic heterocycles. The monoisotopic (exact) mass is 379 g/mol. The van der Waals surface area contributed by atoms with Crippen molar-refractivity contribution >= 4 is 23.6 Å². The summed E-state index contributed by atoms with van der Waals surface area (Å²) in [6.07, 6.45) is -1.52. The number of hydrogen-bond donors (Lipinski definition) is 1. The molecule has 1 aromatic rings. The number of imide groups is 1. The Morgan fingerprint density at radius 2 is 1.48 bits per heavy atom. The van der Waals surface area contributed by atoms with Gasteiger partial charge in [-0.3, -0.25) is 0 Å². The lowest BCUT2D eigenvalue weighted by atomic mass is 10.1. The van der Waals surface area contributed by atoms with Gasteiger partial charge < -0.3 is 20.1 Å². The molecular formula is C20H33N3O4. The van der Waals surface area contributed by atoms with Crippen molar-refractivity contribution < 1.29 is 19.1 Å². The summed E-state index contributed by atoms with van der Waals surface area (Å²) in [6, 6.07) is 5.41. The van der Waals surface area contributed by atoms with Crippen LogP contribution < -0.4 is 10.6 Å². The fourth-order valence-electron chi connectivity index (χ4n) is 2.28. The third-order valence-electron chi connectivity index (χ3n) is 3.55. The summed E-state index contributed by atoms with van der Waals surface area (Å²) in [5.41, 5.74) is 6.61. The predicted molar refractivity (Wildman–Crippen MR) is 108 cm³/mol. The number of benzene rings is 1. The van der Waals surface area contributed by atoms with E-state index in [4.69, 9.17) is 15.2 Å². The van der Waals surface area contributed by atoms with E-state index in [1.165, 1.54) is 0 Å². The minimum absolute atomic E-state index is 0.00542. The first-order valence-corrected chi connectivity index (χ1v) is 9.06. The number of ether oxygens (including phenoxy) is 2. The van der Waals surface area contributed by atoms with E-state index >= 15 is 0 Å². The molecule has 0 aliphatic carbocycles. The molecule has 27 heavy (non-hydrogen) atoms. The van der Waals surface area contributed by atoms with E-state index in [0.717, 1.165) is 22.7 Å². The Labute approximate surface area is 162 Å². The van der Waals surface area contributed by atoms with Crippen molar-refractivity contribution in [2.24, 2.45) is 0 Å². The van der Waals surface area contributed by atoms with E-state index in [-0.39, 0.29) is 6.54 Å². The van der Waals surface area contributed by atoms with Crippen LogP contribution in [0, 0.1) is 0 Å². The highest BCUT2D eigenvalue weighted by Crippen LogP contribution is 2.25. The maximum Gasteiger partial charge on any atom is 0.420 e. The van der Waals surface area contributed by atoms with Crippen molar-refractivity contribution in [1.29, 1.82) is 0 Å². The maximum atomic E-state index is 12.7. The number of nitrogens with zero attached hydrogens (tertiary/aromatic N) is 2. The fraction of sp³-hybridized carbons (Fsp3) is 0.600. The van der Waals surface area contributed by atoms with Crippen molar-refractivity contribution in [2.45, 2.75) is 66.2 Å². The first-order chi connectivity index (χ1) is 12.2. The highest BCUT2D eigenvalue weighted by molar-refractivity contribution is 5.88. The first kappa shape index (κ1) is 22.6. The van der Waals surface area contributed by atoms with Gasteiger partial charge in [-0.05, 0) is 72.2 Å². The number of carbonyl (C=O) groups excluding carboxylic acids is 2. The van der Waals surface area contributed by atoms with Gasteiger partial charge in [-0.25, -0.2) is 14.5 Å². The van der Waals surface area contributed by atoms with Crippen LogP contribution in [0.4, 0.5) is 21.0 Å². The summed E-state index contributed by atoms with van der Waals surface area (Å²) in [6.45, 7) is 13.2. The number of hydrogen-bond acceptors (Lipinski definition) is 6. The van der Waals surface area contributed by atoms with Crippen molar-refractivity contribution in [2.75, 3.05) is 24.2 Å². The average molecular weight is 380 g/mol. The third kappa shape index (κ3) is 7.37. The van der Waals surface area contributed by atoms with E-state index in [0.29, 0.717) is 5.69 Å². The Bertz CT molecular complexity index is 647. The zero-order valence-electron chi connectivity index (χ0n) is 17.8. The molecule has 2 N–H and O–H groups in total. The van der Waals surface area contributed by atoms with Crippen molar-refractivity contribution in [1.82, 2.24) is 4.90 Å². The molecule has 0 bridgehead atoms. The fourth-order valence-corrected chi connectivity index (χ4v) is 2.28. The molecule has 152 valence electrons. The molecule has 0 unspecified atom stereocenters. The molecule has 2 amide bonds. The van der Waals surface area contributed by atoms with Crippen LogP contribution in [0.15, 0.2) is 18.2 Å². The van der Waals surface area contributed by atoms with E-state index in [1.807, 2.05) is 24.9 Å². The average Bonchev–Trinajstić information content (AvgIpc) is 2.48. The number of nitrogens with two attached hydrogens (primary N) is 1.